The number of aryl methyl sites for hydroxylation is 1. The van der Waals surface area contributed by atoms with Gasteiger partial charge in [-0.15, -0.1) is 0 Å². The lowest BCUT2D eigenvalue weighted by Gasteiger charge is -2.33. The quantitative estimate of drug-likeness (QED) is 0.664. The molecule has 1 heterocycles. The molecule has 0 saturated carbocycles. The van der Waals surface area contributed by atoms with Gasteiger partial charge in [0.1, 0.15) is 5.02 Å². The van der Waals surface area contributed by atoms with Gasteiger partial charge in [0.2, 0.25) is 5.91 Å². The number of nitrogens with one attached hydrogen (secondary N) is 2. The first-order valence-corrected chi connectivity index (χ1v) is 7.22. The van der Waals surface area contributed by atoms with Crippen LogP contribution in [0.25, 0.3) is 0 Å². The third-order valence-corrected chi connectivity index (χ3v) is 4.16. The molecule has 1 amide bonds. The van der Waals surface area contributed by atoms with E-state index in [-0.39, 0.29) is 16.6 Å². The number of nitro groups is 1. The lowest BCUT2D eigenvalue weighted by atomic mass is 9.90. The Balaban J connectivity index is 2.21. The van der Waals surface area contributed by atoms with E-state index in [0.717, 1.165) is 25.8 Å². The monoisotopic (exact) mass is 311 g/mol. The molecular weight excluding hydrogens is 294 g/mol. The maximum Gasteiger partial charge on any atom is 0.288 e. The van der Waals surface area contributed by atoms with Gasteiger partial charge in [0, 0.05) is 11.8 Å². The summed E-state index contributed by atoms with van der Waals surface area (Å²) in [5, 5.41) is 16.9. The minimum absolute atomic E-state index is 0.0163. The zero-order chi connectivity index (χ0) is 15.6. The Kier molecular flexibility index (Phi) is 4.49. The average molecular weight is 312 g/mol. The van der Waals surface area contributed by atoms with E-state index < -0.39 is 10.5 Å². The van der Waals surface area contributed by atoms with Crippen LogP contribution in [0.4, 0.5) is 11.4 Å². The van der Waals surface area contributed by atoms with Crippen molar-refractivity contribution in [3.8, 4) is 0 Å². The normalized spacial score (nSPS) is 21.9. The maximum absolute atomic E-state index is 12.4. The number of nitrogens with zero attached hydrogens (tertiary/aromatic N) is 1. The van der Waals surface area contributed by atoms with Crippen molar-refractivity contribution in [1.29, 1.82) is 0 Å². The second kappa shape index (κ2) is 5.99. The maximum atomic E-state index is 12.4. The van der Waals surface area contributed by atoms with Crippen LogP contribution in [-0.2, 0) is 4.79 Å². The highest BCUT2D eigenvalue weighted by atomic mass is 35.5. The van der Waals surface area contributed by atoms with Crippen LogP contribution in [0.5, 0.6) is 0 Å². The molecule has 1 aromatic carbocycles. The van der Waals surface area contributed by atoms with Crippen molar-refractivity contribution in [2.45, 2.75) is 38.6 Å². The minimum Gasteiger partial charge on any atom is -0.324 e. The number of halogens is 1. The van der Waals surface area contributed by atoms with Gasteiger partial charge in [0.15, 0.2) is 0 Å². The second-order valence-corrected chi connectivity index (χ2v) is 5.95. The molecule has 1 saturated heterocycles. The van der Waals surface area contributed by atoms with Crippen molar-refractivity contribution in [3.63, 3.8) is 0 Å². The Morgan fingerprint density at radius 2 is 2.19 bits per heavy atom. The standard InChI is InChI=1S/C14H18ClN3O3/c1-9-7-12(18(20)21)10(15)8-11(9)17-13(19)14(2)5-3-4-6-16-14/h7-8,16H,3-6H2,1-2H3,(H,17,19). The molecule has 2 N–H and O–H groups in total. The largest absolute Gasteiger partial charge is 0.324 e. The summed E-state index contributed by atoms with van der Waals surface area (Å²) < 4.78 is 0. The fourth-order valence-corrected chi connectivity index (χ4v) is 2.68. The Hall–Kier alpha value is -1.66. The van der Waals surface area contributed by atoms with E-state index in [4.69, 9.17) is 11.6 Å². The molecule has 0 radical (unpaired) electrons. The van der Waals surface area contributed by atoms with Crippen molar-refractivity contribution < 1.29 is 9.72 Å². The van der Waals surface area contributed by atoms with Crippen molar-refractivity contribution in [2.75, 3.05) is 11.9 Å². The fourth-order valence-electron chi connectivity index (χ4n) is 2.45. The zero-order valence-corrected chi connectivity index (χ0v) is 12.8. The molecule has 2 rings (SSSR count). The lowest BCUT2D eigenvalue weighted by Crippen LogP contribution is -2.54. The Labute approximate surface area is 128 Å². The highest BCUT2D eigenvalue weighted by Gasteiger charge is 2.34. The summed E-state index contributed by atoms with van der Waals surface area (Å²) >= 11 is 5.89. The number of nitro benzene ring substituents is 1. The molecule has 0 aliphatic carbocycles. The molecule has 1 aliphatic heterocycles. The van der Waals surface area contributed by atoms with Gasteiger partial charge in [-0.2, -0.15) is 0 Å². The number of hydrogen-bond donors (Lipinski definition) is 2. The van der Waals surface area contributed by atoms with Gasteiger partial charge >= 0.3 is 0 Å². The van der Waals surface area contributed by atoms with Gasteiger partial charge in [-0.3, -0.25) is 14.9 Å². The molecule has 7 heteroatoms. The third kappa shape index (κ3) is 3.33. The van der Waals surface area contributed by atoms with Crippen LogP contribution < -0.4 is 10.6 Å². The van der Waals surface area contributed by atoms with Crippen LogP contribution in [0.15, 0.2) is 12.1 Å². The predicted molar refractivity (Wildman–Crippen MR) is 81.7 cm³/mol. The van der Waals surface area contributed by atoms with E-state index in [1.54, 1.807) is 6.92 Å². The van der Waals surface area contributed by atoms with Gasteiger partial charge in [-0.1, -0.05) is 11.6 Å². The van der Waals surface area contributed by atoms with Crippen molar-refractivity contribution in [1.82, 2.24) is 5.32 Å². The Bertz CT molecular complexity index is 583. The number of amides is 1. The second-order valence-electron chi connectivity index (χ2n) is 5.55. The summed E-state index contributed by atoms with van der Waals surface area (Å²) in [5.41, 5.74) is 0.344. The van der Waals surface area contributed by atoms with Crippen LogP contribution in [0.1, 0.15) is 31.7 Å². The molecule has 1 aromatic rings. The summed E-state index contributed by atoms with van der Waals surface area (Å²) in [6.45, 7) is 4.38. The van der Waals surface area contributed by atoms with Gasteiger partial charge in [0.05, 0.1) is 10.5 Å². The first-order chi connectivity index (χ1) is 9.83. The van der Waals surface area contributed by atoms with E-state index in [0.29, 0.717) is 11.3 Å². The number of carbonyl (C=O) groups excluding carboxylic acids is 1. The number of benzene rings is 1. The smallest absolute Gasteiger partial charge is 0.288 e. The van der Waals surface area contributed by atoms with E-state index in [9.17, 15) is 14.9 Å². The molecule has 6 nitrogen and oxygen atoms in total. The molecule has 0 bridgehead atoms. The molecule has 114 valence electrons. The van der Waals surface area contributed by atoms with Crippen LogP contribution in [0.2, 0.25) is 5.02 Å². The van der Waals surface area contributed by atoms with E-state index in [2.05, 4.69) is 10.6 Å². The van der Waals surface area contributed by atoms with Gasteiger partial charge in [-0.25, -0.2) is 0 Å². The number of piperidine rings is 1. The van der Waals surface area contributed by atoms with Crippen LogP contribution in [0, 0.1) is 17.0 Å². The number of hydrogen-bond acceptors (Lipinski definition) is 4. The first kappa shape index (κ1) is 15.7. The fraction of sp³-hybridized carbons (Fsp3) is 0.500. The summed E-state index contributed by atoms with van der Waals surface area (Å²) in [6.07, 6.45) is 2.82. The van der Waals surface area contributed by atoms with Gasteiger partial charge < -0.3 is 10.6 Å². The molecule has 1 fully saturated rings. The van der Waals surface area contributed by atoms with Crippen LogP contribution in [-0.4, -0.2) is 22.9 Å². The zero-order valence-electron chi connectivity index (χ0n) is 12.0. The Morgan fingerprint density at radius 3 is 2.76 bits per heavy atom. The number of rotatable bonds is 3. The minimum atomic E-state index is -0.612. The van der Waals surface area contributed by atoms with Crippen LogP contribution >= 0.6 is 11.6 Å². The van der Waals surface area contributed by atoms with Crippen molar-refractivity contribution in [3.05, 3.63) is 32.8 Å². The van der Waals surface area contributed by atoms with Crippen molar-refractivity contribution in [2.24, 2.45) is 0 Å². The predicted octanol–water partition coefficient (Wildman–Crippen LogP) is 3.03. The molecule has 0 aromatic heterocycles. The summed E-state index contributed by atoms with van der Waals surface area (Å²) in [7, 11) is 0. The number of anilines is 1. The van der Waals surface area contributed by atoms with Crippen molar-refractivity contribution >= 4 is 28.9 Å². The van der Waals surface area contributed by atoms with Gasteiger partial charge in [-0.05, 0) is 51.3 Å². The first-order valence-electron chi connectivity index (χ1n) is 6.84. The summed E-state index contributed by atoms with van der Waals surface area (Å²) in [5.74, 6) is -0.143. The lowest BCUT2D eigenvalue weighted by molar-refractivity contribution is -0.384. The van der Waals surface area contributed by atoms with E-state index in [1.165, 1.54) is 12.1 Å². The molecule has 0 spiro atoms. The van der Waals surface area contributed by atoms with E-state index >= 15 is 0 Å². The highest BCUT2D eigenvalue weighted by Crippen LogP contribution is 2.31. The highest BCUT2D eigenvalue weighted by molar-refractivity contribution is 6.33. The third-order valence-electron chi connectivity index (χ3n) is 3.86. The SMILES string of the molecule is Cc1cc([N+](=O)[O-])c(Cl)cc1NC(=O)C1(C)CCCCN1. The van der Waals surface area contributed by atoms with Gasteiger partial charge in [0.25, 0.3) is 5.69 Å². The Morgan fingerprint density at radius 1 is 1.48 bits per heavy atom. The summed E-state index contributed by atoms with van der Waals surface area (Å²) in [6, 6.07) is 2.80. The number of carbonyl (C=O) groups is 1. The van der Waals surface area contributed by atoms with E-state index in [1.807, 2.05) is 6.92 Å². The summed E-state index contributed by atoms with van der Waals surface area (Å²) in [4.78, 5) is 22.7. The molecule has 1 aliphatic rings. The average Bonchev–Trinajstić information content (AvgIpc) is 2.43. The van der Waals surface area contributed by atoms with Crippen LogP contribution in [0.3, 0.4) is 0 Å². The molecule has 1 unspecified atom stereocenters. The molecular formula is C14H18ClN3O3. The molecule has 1 atom stereocenters. The topological polar surface area (TPSA) is 84.3 Å². The molecule has 21 heavy (non-hydrogen) atoms.